The van der Waals surface area contributed by atoms with E-state index in [2.05, 4.69) is 0 Å². The van der Waals surface area contributed by atoms with Crippen molar-refractivity contribution < 1.29 is 13.2 Å². The van der Waals surface area contributed by atoms with E-state index in [1.807, 2.05) is 0 Å². The van der Waals surface area contributed by atoms with Gasteiger partial charge in [-0.05, 0) is 24.5 Å². The van der Waals surface area contributed by atoms with Gasteiger partial charge in [-0.15, -0.1) is 12.4 Å². The van der Waals surface area contributed by atoms with Gasteiger partial charge in [0.1, 0.15) is 0 Å². The van der Waals surface area contributed by atoms with E-state index in [1.54, 1.807) is 6.07 Å². The predicted octanol–water partition coefficient (Wildman–Crippen LogP) is 3.08. The molecule has 1 aromatic rings. The van der Waals surface area contributed by atoms with Crippen LogP contribution < -0.4 is 5.73 Å². The summed E-state index contributed by atoms with van der Waals surface area (Å²) in [7, 11) is 0. The molecule has 5 heteroatoms. The maximum Gasteiger partial charge on any atom is 0.416 e. The van der Waals surface area contributed by atoms with Crippen LogP contribution in [0.4, 0.5) is 13.2 Å². The summed E-state index contributed by atoms with van der Waals surface area (Å²) < 4.78 is 37.7. The van der Waals surface area contributed by atoms with Gasteiger partial charge in [-0.25, -0.2) is 0 Å². The van der Waals surface area contributed by atoms with E-state index in [-0.39, 0.29) is 18.0 Å². The van der Waals surface area contributed by atoms with Gasteiger partial charge in [-0.1, -0.05) is 18.2 Å². The lowest BCUT2D eigenvalue weighted by molar-refractivity contribution is -0.138. The molecule has 1 aliphatic carbocycles. The molecule has 2 rings (SSSR count). The van der Waals surface area contributed by atoms with Crippen molar-refractivity contribution in [2.45, 2.75) is 24.6 Å². The zero-order chi connectivity index (χ0) is 10.4. The highest BCUT2D eigenvalue weighted by molar-refractivity contribution is 5.85. The molecule has 1 fully saturated rings. The van der Waals surface area contributed by atoms with Gasteiger partial charge in [-0.3, -0.25) is 0 Å². The average Bonchev–Trinajstić information content (AvgIpc) is 2.84. The molecule has 15 heavy (non-hydrogen) atoms. The third kappa shape index (κ3) is 2.26. The maximum atomic E-state index is 12.6. The number of nitrogens with two attached hydrogens (primary N) is 1. The first-order chi connectivity index (χ1) is 6.43. The monoisotopic (exact) mass is 237 g/mol. The molecule has 0 radical (unpaired) electrons. The molecule has 0 saturated heterocycles. The van der Waals surface area contributed by atoms with E-state index in [4.69, 9.17) is 5.73 Å². The van der Waals surface area contributed by atoms with Crippen molar-refractivity contribution in [3.8, 4) is 0 Å². The highest BCUT2D eigenvalue weighted by atomic mass is 35.5. The van der Waals surface area contributed by atoms with Crippen molar-refractivity contribution in [2.75, 3.05) is 0 Å². The van der Waals surface area contributed by atoms with Gasteiger partial charge in [0.05, 0.1) is 5.56 Å². The second kappa shape index (κ2) is 3.68. The Bertz CT molecular complexity index is 334. The molecule has 2 N–H and O–H groups in total. The molecule has 1 aromatic carbocycles. The number of hydrogen-bond donors (Lipinski definition) is 1. The minimum atomic E-state index is -4.30. The van der Waals surface area contributed by atoms with Crippen LogP contribution in [-0.2, 0) is 11.7 Å². The van der Waals surface area contributed by atoms with Crippen LogP contribution in [0.3, 0.4) is 0 Å². The molecular formula is C10H11ClF3N. The summed E-state index contributed by atoms with van der Waals surface area (Å²) in [6, 6.07) is 5.54. The normalized spacial score (nSPS) is 18.1. The molecule has 1 aliphatic rings. The number of hydrogen-bond acceptors (Lipinski definition) is 1. The number of rotatable bonds is 1. The molecule has 0 aromatic heterocycles. The van der Waals surface area contributed by atoms with Gasteiger partial charge in [0.2, 0.25) is 0 Å². The number of benzene rings is 1. The fraction of sp³-hybridized carbons (Fsp3) is 0.400. The number of alkyl halides is 3. The third-order valence-corrected chi connectivity index (χ3v) is 2.56. The van der Waals surface area contributed by atoms with Crippen molar-refractivity contribution in [2.24, 2.45) is 5.73 Å². The van der Waals surface area contributed by atoms with E-state index < -0.39 is 17.3 Å². The zero-order valence-electron chi connectivity index (χ0n) is 7.84. The fourth-order valence-electron chi connectivity index (χ4n) is 1.57. The minimum Gasteiger partial charge on any atom is -0.321 e. The van der Waals surface area contributed by atoms with E-state index >= 15 is 0 Å². The molecule has 0 unspecified atom stereocenters. The number of halogens is 4. The zero-order valence-corrected chi connectivity index (χ0v) is 8.66. The molecule has 0 heterocycles. The Morgan fingerprint density at radius 2 is 1.67 bits per heavy atom. The fourth-order valence-corrected chi connectivity index (χ4v) is 1.57. The van der Waals surface area contributed by atoms with Crippen molar-refractivity contribution >= 4 is 12.4 Å². The van der Waals surface area contributed by atoms with Crippen LogP contribution in [0.15, 0.2) is 24.3 Å². The Hall–Kier alpha value is -0.740. The molecule has 84 valence electrons. The SMILES string of the molecule is Cl.NC1(c2ccccc2C(F)(F)F)CC1. The quantitative estimate of drug-likeness (QED) is 0.798. The second-order valence-electron chi connectivity index (χ2n) is 3.70. The molecule has 1 nitrogen and oxygen atoms in total. The standard InChI is InChI=1S/C10H10F3N.ClH/c11-10(12,13)8-4-2-1-3-7(8)9(14)5-6-9;/h1-4H,5-6,14H2;1H. The highest BCUT2D eigenvalue weighted by Gasteiger charge is 2.46. The lowest BCUT2D eigenvalue weighted by Gasteiger charge is -2.16. The third-order valence-electron chi connectivity index (χ3n) is 2.56. The largest absolute Gasteiger partial charge is 0.416 e. The van der Waals surface area contributed by atoms with Crippen LogP contribution in [0, 0.1) is 0 Å². The summed E-state index contributed by atoms with van der Waals surface area (Å²) in [5.41, 5.74) is 4.67. The summed E-state index contributed by atoms with van der Waals surface area (Å²) >= 11 is 0. The summed E-state index contributed by atoms with van der Waals surface area (Å²) in [4.78, 5) is 0. The summed E-state index contributed by atoms with van der Waals surface area (Å²) in [5, 5.41) is 0. The minimum absolute atomic E-state index is 0. The molecule has 1 saturated carbocycles. The maximum absolute atomic E-state index is 12.6. The van der Waals surface area contributed by atoms with Gasteiger partial charge < -0.3 is 5.73 Å². The topological polar surface area (TPSA) is 26.0 Å². The van der Waals surface area contributed by atoms with Crippen LogP contribution >= 0.6 is 12.4 Å². The molecule has 0 aliphatic heterocycles. The van der Waals surface area contributed by atoms with Gasteiger partial charge in [0.25, 0.3) is 0 Å². The molecule has 0 amide bonds. The molecular weight excluding hydrogens is 227 g/mol. The first kappa shape index (κ1) is 12.3. The Morgan fingerprint density at radius 1 is 1.13 bits per heavy atom. The van der Waals surface area contributed by atoms with Gasteiger partial charge >= 0.3 is 6.18 Å². The van der Waals surface area contributed by atoms with Gasteiger partial charge in [0, 0.05) is 5.54 Å². The summed E-state index contributed by atoms with van der Waals surface area (Å²) in [6.07, 6.45) is -3.02. The van der Waals surface area contributed by atoms with Crippen LogP contribution in [-0.4, -0.2) is 0 Å². The van der Waals surface area contributed by atoms with Crippen molar-refractivity contribution in [1.29, 1.82) is 0 Å². The van der Waals surface area contributed by atoms with E-state index in [0.29, 0.717) is 12.8 Å². The Labute approximate surface area is 91.9 Å². The van der Waals surface area contributed by atoms with E-state index in [9.17, 15) is 13.2 Å². The lowest BCUT2D eigenvalue weighted by Crippen LogP contribution is -2.23. The second-order valence-corrected chi connectivity index (χ2v) is 3.70. The van der Waals surface area contributed by atoms with Gasteiger partial charge in [-0.2, -0.15) is 13.2 Å². The summed E-state index contributed by atoms with van der Waals surface area (Å²) in [6.45, 7) is 0. The first-order valence-electron chi connectivity index (χ1n) is 4.39. The lowest BCUT2D eigenvalue weighted by atomic mass is 9.99. The Morgan fingerprint density at radius 3 is 2.13 bits per heavy atom. The van der Waals surface area contributed by atoms with Crippen molar-refractivity contribution in [3.63, 3.8) is 0 Å². The van der Waals surface area contributed by atoms with Crippen molar-refractivity contribution in [1.82, 2.24) is 0 Å². The van der Waals surface area contributed by atoms with Crippen LogP contribution in [0.2, 0.25) is 0 Å². The van der Waals surface area contributed by atoms with E-state index in [0.717, 1.165) is 6.07 Å². The predicted molar refractivity (Wildman–Crippen MR) is 53.8 cm³/mol. The smallest absolute Gasteiger partial charge is 0.321 e. The molecule has 0 spiro atoms. The van der Waals surface area contributed by atoms with Crippen LogP contribution in [0.1, 0.15) is 24.0 Å². The Kier molecular flexibility index (Phi) is 3.03. The van der Waals surface area contributed by atoms with Crippen molar-refractivity contribution in [3.05, 3.63) is 35.4 Å². The summed E-state index contributed by atoms with van der Waals surface area (Å²) in [5.74, 6) is 0. The van der Waals surface area contributed by atoms with E-state index in [1.165, 1.54) is 12.1 Å². The average molecular weight is 238 g/mol. The first-order valence-corrected chi connectivity index (χ1v) is 4.39. The van der Waals surface area contributed by atoms with Gasteiger partial charge in [0.15, 0.2) is 0 Å². The molecule has 0 bridgehead atoms. The highest BCUT2D eigenvalue weighted by Crippen LogP contribution is 2.47. The molecule has 0 atom stereocenters. The van der Waals surface area contributed by atoms with Crippen LogP contribution in [0.25, 0.3) is 0 Å². The Balaban J connectivity index is 0.00000112. The van der Waals surface area contributed by atoms with Crippen LogP contribution in [0.5, 0.6) is 0 Å².